The monoisotopic (exact) mass is 358 g/mol. The van der Waals surface area contributed by atoms with E-state index in [1.54, 1.807) is 28.0 Å². The van der Waals surface area contributed by atoms with Crippen LogP contribution in [0.25, 0.3) is 0 Å². The second-order valence-electron chi connectivity index (χ2n) is 6.38. The van der Waals surface area contributed by atoms with Crippen LogP contribution in [0, 0.1) is 0 Å². The highest BCUT2D eigenvalue weighted by Crippen LogP contribution is 2.23. The van der Waals surface area contributed by atoms with E-state index in [1.165, 1.54) is 0 Å². The van der Waals surface area contributed by atoms with Crippen LogP contribution < -0.4 is 0 Å². The van der Waals surface area contributed by atoms with Crippen molar-refractivity contribution in [1.29, 1.82) is 0 Å². The van der Waals surface area contributed by atoms with Crippen LogP contribution in [0.15, 0.2) is 18.2 Å². The van der Waals surface area contributed by atoms with Crippen LogP contribution in [-0.2, 0) is 4.74 Å². The molecule has 0 unspecified atom stereocenters. The Morgan fingerprint density at radius 2 is 1.61 bits per heavy atom. The number of ether oxygens (including phenoxy) is 1. The van der Waals surface area contributed by atoms with E-state index < -0.39 is 5.60 Å². The molecule has 1 aromatic rings. The summed E-state index contributed by atoms with van der Waals surface area (Å²) in [6.45, 7) is 7.24. The third-order valence-electron chi connectivity index (χ3n) is 3.38. The maximum atomic E-state index is 12.5. The molecule has 2 amide bonds. The third kappa shape index (κ3) is 4.75. The van der Waals surface area contributed by atoms with Gasteiger partial charge in [0.15, 0.2) is 0 Å². The summed E-state index contributed by atoms with van der Waals surface area (Å²) in [7, 11) is 0. The number of carbonyl (C=O) groups excluding carboxylic acids is 2. The van der Waals surface area contributed by atoms with Gasteiger partial charge in [-0.1, -0.05) is 23.2 Å². The molecule has 0 N–H and O–H groups in total. The molecule has 1 aliphatic rings. The molecule has 1 fully saturated rings. The van der Waals surface area contributed by atoms with Gasteiger partial charge in [-0.25, -0.2) is 4.79 Å². The van der Waals surface area contributed by atoms with E-state index in [4.69, 9.17) is 27.9 Å². The third-order valence-corrected chi connectivity index (χ3v) is 3.93. The topological polar surface area (TPSA) is 49.9 Å². The fourth-order valence-electron chi connectivity index (χ4n) is 2.25. The predicted molar refractivity (Wildman–Crippen MR) is 90.2 cm³/mol. The molecule has 1 heterocycles. The van der Waals surface area contributed by atoms with E-state index >= 15 is 0 Å². The van der Waals surface area contributed by atoms with Crippen LogP contribution in [0.2, 0.25) is 10.0 Å². The smallest absolute Gasteiger partial charge is 0.410 e. The highest BCUT2D eigenvalue weighted by Gasteiger charge is 2.28. The van der Waals surface area contributed by atoms with E-state index in [9.17, 15) is 9.59 Å². The average molecular weight is 359 g/mol. The Morgan fingerprint density at radius 1 is 1.04 bits per heavy atom. The Balaban J connectivity index is 1.96. The summed E-state index contributed by atoms with van der Waals surface area (Å²) in [6, 6.07) is 4.80. The molecular weight excluding hydrogens is 339 g/mol. The molecule has 0 bridgehead atoms. The summed E-state index contributed by atoms with van der Waals surface area (Å²) in [5, 5.41) is 0.818. The first-order valence-electron chi connectivity index (χ1n) is 7.39. The molecule has 126 valence electrons. The number of carbonyl (C=O) groups is 2. The molecule has 23 heavy (non-hydrogen) atoms. The maximum absolute atomic E-state index is 12.5. The van der Waals surface area contributed by atoms with Crippen LogP contribution in [0.1, 0.15) is 31.1 Å². The van der Waals surface area contributed by atoms with Gasteiger partial charge in [0.25, 0.3) is 5.91 Å². The van der Waals surface area contributed by atoms with Gasteiger partial charge in [-0.2, -0.15) is 0 Å². The van der Waals surface area contributed by atoms with Gasteiger partial charge < -0.3 is 14.5 Å². The zero-order chi connectivity index (χ0) is 17.2. The quantitative estimate of drug-likeness (QED) is 0.769. The molecule has 0 saturated carbocycles. The van der Waals surface area contributed by atoms with Crippen LogP contribution >= 0.6 is 23.2 Å². The first kappa shape index (κ1) is 17.9. The number of halogens is 2. The molecule has 0 aromatic heterocycles. The molecule has 0 aliphatic carbocycles. The number of benzene rings is 1. The zero-order valence-electron chi connectivity index (χ0n) is 13.4. The van der Waals surface area contributed by atoms with Crippen molar-refractivity contribution in [3.63, 3.8) is 0 Å². The predicted octanol–water partition coefficient (Wildman–Crippen LogP) is 3.69. The summed E-state index contributed by atoms with van der Waals surface area (Å²) in [5.41, 5.74) is -0.109. The van der Waals surface area contributed by atoms with Gasteiger partial charge in [0.2, 0.25) is 0 Å². The lowest BCUT2D eigenvalue weighted by atomic mass is 10.2. The summed E-state index contributed by atoms with van der Waals surface area (Å²) < 4.78 is 5.34. The van der Waals surface area contributed by atoms with Gasteiger partial charge in [-0.15, -0.1) is 0 Å². The number of amides is 2. The molecule has 0 atom stereocenters. The molecule has 5 nitrogen and oxygen atoms in total. The first-order valence-corrected chi connectivity index (χ1v) is 8.15. The lowest BCUT2D eigenvalue weighted by Gasteiger charge is -2.35. The lowest BCUT2D eigenvalue weighted by Crippen LogP contribution is -2.51. The second kappa shape index (κ2) is 6.97. The van der Waals surface area contributed by atoms with Crippen LogP contribution in [0.5, 0.6) is 0 Å². The largest absolute Gasteiger partial charge is 0.444 e. The van der Waals surface area contributed by atoms with Crippen molar-refractivity contribution < 1.29 is 14.3 Å². The summed E-state index contributed by atoms with van der Waals surface area (Å²) in [4.78, 5) is 27.8. The Morgan fingerprint density at radius 3 is 2.13 bits per heavy atom. The first-order chi connectivity index (χ1) is 10.7. The standard InChI is InChI=1S/C16H20Cl2N2O3/c1-16(2,3)23-15(22)20-8-6-19(7-9-20)14(21)12-5-4-11(17)10-13(12)18/h4-5,10H,6-9H2,1-3H3. The lowest BCUT2D eigenvalue weighted by molar-refractivity contribution is 0.0141. The molecule has 1 saturated heterocycles. The molecule has 0 radical (unpaired) electrons. The number of piperazine rings is 1. The minimum Gasteiger partial charge on any atom is -0.444 e. The number of hydrogen-bond donors (Lipinski definition) is 0. The van der Waals surface area contributed by atoms with Gasteiger partial charge in [0.1, 0.15) is 5.60 Å². The van der Waals surface area contributed by atoms with E-state index in [2.05, 4.69) is 0 Å². The van der Waals surface area contributed by atoms with Crippen molar-refractivity contribution in [1.82, 2.24) is 9.80 Å². The SMILES string of the molecule is CC(C)(C)OC(=O)N1CCN(C(=O)c2ccc(Cl)cc2Cl)CC1. The Hall–Kier alpha value is -1.46. The van der Waals surface area contributed by atoms with Gasteiger partial charge in [0, 0.05) is 31.2 Å². The fourth-order valence-corrected chi connectivity index (χ4v) is 2.74. The Bertz CT molecular complexity index is 606. The van der Waals surface area contributed by atoms with E-state index in [0.29, 0.717) is 41.8 Å². The molecule has 0 spiro atoms. The van der Waals surface area contributed by atoms with Crippen LogP contribution in [0.4, 0.5) is 4.79 Å². The molecule has 1 aliphatic heterocycles. The van der Waals surface area contributed by atoms with Crippen molar-refractivity contribution in [3.05, 3.63) is 33.8 Å². The highest BCUT2D eigenvalue weighted by molar-refractivity contribution is 6.36. The summed E-state index contributed by atoms with van der Waals surface area (Å²) in [5.74, 6) is -0.157. The van der Waals surface area contributed by atoms with Gasteiger partial charge in [-0.3, -0.25) is 4.79 Å². The Kier molecular flexibility index (Phi) is 5.42. The van der Waals surface area contributed by atoms with E-state index in [1.807, 2.05) is 20.8 Å². The number of rotatable bonds is 1. The van der Waals surface area contributed by atoms with Crippen LogP contribution in [0.3, 0.4) is 0 Å². The van der Waals surface area contributed by atoms with Crippen molar-refractivity contribution in [2.45, 2.75) is 26.4 Å². The highest BCUT2D eigenvalue weighted by atomic mass is 35.5. The maximum Gasteiger partial charge on any atom is 0.410 e. The number of hydrogen-bond acceptors (Lipinski definition) is 3. The zero-order valence-corrected chi connectivity index (χ0v) is 14.9. The van der Waals surface area contributed by atoms with Crippen molar-refractivity contribution in [2.24, 2.45) is 0 Å². The number of nitrogens with zero attached hydrogens (tertiary/aromatic N) is 2. The molecular formula is C16H20Cl2N2O3. The van der Waals surface area contributed by atoms with Crippen molar-refractivity contribution in [2.75, 3.05) is 26.2 Å². The average Bonchev–Trinajstić information content (AvgIpc) is 2.45. The van der Waals surface area contributed by atoms with E-state index in [-0.39, 0.29) is 12.0 Å². The molecule has 1 aromatic carbocycles. The van der Waals surface area contributed by atoms with Crippen molar-refractivity contribution >= 4 is 35.2 Å². The Labute approximate surface area is 146 Å². The van der Waals surface area contributed by atoms with E-state index in [0.717, 1.165) is 0 Å². The minimum atomic E-state index is -0.527. The van der Waals surface area contributed by atoms with Crippen LogP contribution in [-0.4, -0.2) is 53.6 Å². The second-order valence-corrected chi connectivity index (χ2v) is 7.23. The van der Waals surface area contributed by atoms with Gasteiger partial charge in [-0.05, 0) is 39.0 Å². The summed E-state index contributed by atoms with van der Waals surface area (Å²) in [6.07, 6.45) is -0.353. The summed E-state index contributed by atoms with van der Waals surface area (Å²) >= 11 is 11.9. The minimum absolute atomic E-state index is 0.157. The normalized spacial score (nSPS) is 15.5. The van der Waals surface area contributed by atoms with Gasteiger partial charge in [0.05, 0.1) is 10.6 Å². The molecule has 2 rings (SSSR count). The molecule has 7 heteroatoms. The fraction of sp³-hybridized carbons (Fsp3) is 0.500. The van der Waals surface area contributed by atoms with Gasteiger partial charge >= 0.3 is 6.09 Å². The van der Waals surface area contributed by atoms with Crippen molar-refractivity contribution in [3.8, 4) is 0 Å².